The van der Waals surface area contributed by atoms with E-state index < -0.39 is 0 Å². The smallest absolute Gasteiger partial charge is 0.263 e. The molecule has 0 bridgehead atoms. The predicted octanol–water partition coefficient (Wildman–Crippen LogP) is 4.85. The minimum atomic E-state index is -0.0538. The molecule has 4 heterocycles. The van der Waals surface area contributed by atoms with Crippen molar-refractivity contribution in [3.8, 4) is 0 Å². The highest BCUT2D eigenvalue weighted by Crippen LogP contribution is 2.37. The quantitative estimate of drug-likeness (QED) is 0.243. The van der Waals surface area contributed by atoms with Gasteiger partial charge in [0.1, 0.15) is 15.5 Å². The Bertz CT molecular complexity index is 1540. The van der Waals surface area contributed by atoms with Gasteiger partial charge in [-0.2, -0.15) is 0 Å². The van der Waals surface area contributed by atoms with Gasteiger partial charge in [0.2, 0.25) is 0 Å². The number of rotatable bonds is 5. The van der Waals surface area contributed by atoms with Crippen LogP contribution in [0.1, 0.15) is 46.5 Å². The predicted molar refractivity (Wildman–Crippen MR) is 137 cm³/mol. The maximum atomic E-state index is 13.5. The zero-order valence-corrected chi connectivity index (χ0v) is 20.9. The standard InChI is InChI=1S/C24H24N4O2S3/c1-3-9-28-23(30)19-14-8-7-12(2)10-16(14)33-22(19)27-24(28)31-11-17-25-20(29)18-13-5-4-6-15(13)32-21(18)26-17/h3,12H,1,4-11H2,2H3,(H,25,26,29). The monoisotopic (exact) mass is 496 g/mol. The van der Waals surface area contributed by atoms with Crippen LogP contribution in [0.5, 0.6) is 0 Å². The number of nitrogens with zero attached hydrogens (tertiary/aromatic N) is 3. The normalized spacial score (nSPS) is 17.5. The highest BCUT2D eigenvalue weighted by molar-refractivity contribution is 7.98. The summed E-state index contributed by atoms with van der Waals surface area (Å²) in [6.07, 6.45) is 7.95. The third-order valence-electron chi connectivity index (χ3n) is 6.65. The summed E-state index contributed by atoms with van der Waals surface area (Å²) in [5, 5.41) is 2.20. The minimum absolute atomic E-state index is 0.0149. The Labute approximate surface area is 202 Å². The number of hydrogen-bond acceptors (Lipinski definition) is 7. The summed E-state index contributed by atoms with van der Waals surface area (Å²) in [6.45, 7) is 6.52. The van der Waals surface area contributed by atoms with Gasteiger partial charge in [0, 0.05) is 16.3 Å². The van der Waals surface area contributed by atoms with Crippen LogP contribution >= 0.6 is 34.4 Å². The number of thiophene rings is 2. The Hall–Kier alpha value is -2.23. The van der Waals surface area contributed by atoms with Gasteiger partial charge in [0.15, 0.2) is 5.16 Å². The maximum absolute atomic E-state index is 13.5. The number of aromatic amines is 1. The molecule has 0 saturated carbocycles. The van der Waals surface area contributed by atoms with Crippen molar-refractivity contribution >= 4 is 54.9 Å². The lowest BCUT2D eigenvalue weighted by Gasteiger charge is -2.17. The van der Waals surface area contributed by atoms with Crippen molar-refractivity contribution in [2.75, 3.05) is 0 Å². The molecule has 0 radical (unpaired) electrons. The summed E-state index contributed by atoms with van der Waals surface area (Å²) in [6, 6.07) is 0. The van der Waals surface area contributed by atoms with E-state index in [1.165, 1.54) is 32.6 Å². The first kappa shape index (κ1) is 21.3. The van der Waals surface area contributed by atoms with Crippen molar-refractivity contribution in [2.45, 2.75) is 62.9 Å². The Morgan fingerprint density at radius 2 is 1.91 bits per heavy atom. The molecule has 4 aromatic rings. The van der Waals surface area contributed by atoms with Gasteiger partial charge < -0.3 is 4.98 Å². The molecule has 4 aromatic heterocycles. The molecule has 9 heteroatoms. The lowest BCUT2D eigenvalue weighted by Crippen LogP contribution is -2.23. The molecule has 0 aromatic carbocycles. The maximum Gasteiger partial charge on any atom is 0.263 e. The molecule has 33 heavy (non-hydrogen) atoms. The molecule has 0 spiro atoms. The fourth-order valence-electron chi connectivity index (χ4n) is 5.05. The largest absolute Gasteiger partial charge is 0.309 e. The number of fused-ring (bicyclic) bond motifs is 6. The van der Waals surface area contributed by atoms with Gasteiger partial charge in [0.05, 0.1) is 16.5 Å². The van der Waals surface area contributed by atoms with Crippen LogP contribution in [0.15, 0.2) is 27.4 Å². The van der Waals surface area contributed by atoms with Crippen LogP contribution in [-0.4, -0.2) is 19.5 Å². The average molecular weight is 497 g/mol. The first-order valence-electron chi connectivity index (χ1n) is 11.4. The van der Waals surface area contributed by atoms with Crippen molar-refractivity contribution in [1.82, 2.24) is 19.5 Å². The molecule has 0 fully saturated rings. The number of hydrogen-bond donors (Lipinski definition) is 1. The van der Waals surface area contributed by atoms with Crippen molar-refractivity contribution < 1.29 is 0 Å². The first-order valence-corrected chi connectivity index (χ1v) is 14.0. The summed E-state index contributed by atoms with van der Waals surface area (Å²) >= 11 is 4.75. The van der Waals surface area contributed by atoms with Crippen LogP contribution in [0.25, 0.3) is 20.4 Å². The van der Waals surface area contributed by atoms with Crippen LogP contribution in [0.2, 0.25) is 0 Å². The second-order valence-electron chi connectivity index (χ2n) is 8.97. The van der Waals surface area contributed by atoms with E-state index in [1.807, 2.05) is 0 Å². The average Bonchev–Trinajstić information content (AvgIpc) is 3.46. The van der Waals surface area contributed by atoms with Crippen LogP contribution in [0.3, 0.4) is 0 Å². The van der Waals surface area contributed by atoms with Gasteiger partial charge in [-0.3, -0.25) is 14.2 Å². The van der Waals surface area contributed by atoms with Crippen LogP contribution in [-0.2, 0) is 38.0 Å². The van der Waals surface area contributed by atoms with Crippen LogP contribution in [0.4, 0.5) is 0 Å². The summed E-state index contributed by atoms with van der Waals surface area (Å²) in [5.41, 5.74) is 2.34. The molecular formula is C24H24N4O2S3. The molecule has 0 amide bonds. The van der Waals surface area contributed by atoms with E-state index in [4.69, 9.17) is 9.97 Å². The van der Waals surface area contributed by atoms with E-state index in [0.29, 0.717) is 29.2 Å². The minimum Gasteiger partial charge on any atom is -0.309 e. The second kappa shape index (κ2) is 8.21. The van der Waals surface area contributed by atoms with E-state index in [9.17, 15) is 9.59 Å². The van der Waals surface area contributed by atoms with E-state index in [2.05, 4.69) is 18.5 Å². The topological polar surface area (TPSA) is 80.6 Å². The Balaban J connectivity index is 1.38. The van der Waals surface area contributed by atoms with Crippen molar-refractivity contribution in [2.24, 2.45) is 5.92 Å². The SMILES string of the molecule is C=CCn1c(SCc2nc3sc4c(c3c(=O)[nH]2)CCC4)nc2sc3c(c2c1=O)CCC(C)C3. The van der Waals surface area contributed by atoms with Gasteiger partial charge in [0.25, 0.3) is 11.1 Å². The third kappa shape index (κ3) is 3.52. The van der Waals surface area contributed by atoms with Crippen LogP contribution < -0.4 is 11.1 Å². The molecule has 1 N–H and O–H groups in total. The molecule has 170 valence electrons. The lowest BCUT2D eigenvalue weighted by molar-refractivity contribution is 0.509. The summed E-state index contributed by atoms with van der Waals surface area (Å²) in [4.78, 5) is 43.1. The van der Waals surface area contributed by atoms with E-state index in [1.54, 1.807) is 33.3 Å². The molecule has 0 aliphatic heterocycles. The Morgan fingerprint density at radius 1 is 1.12 bits per heavy atom. The molecule has 2 aliphatic carbocycles. The van der Waals surface area contributed by atoms with Gasteiger partial charge in [-0.15, -0.1) is 29.3 Å². The Morgan fingerprint density at radius 3 is 2.76 bits per heavy atom. The fourth-order valence-corrected chi connectivity index (χ4v) is 8.64. The van der Waals surface area contributed by atoms with Crippen molar-refractivity contribution in [1.29, 1.82) is 0 Å². The Kier molecular flexibility index (Phi) is 5.31. The lowest BCUT2D eigenvalue weighted by atomic mass is 9.89. The highest BCUT2D eigenvalue weighted by atomic mass is 32.2. The zero-order chi connectivity index (χ0) is 22.7. The first-order chi connectivity index (χ1) is 16.0. The molecule has 0 saturated heterocycles. The molecule has 6 nitrogen and oxygen atoms in total. The van der Waals surface area contributed by atoms with Gasteiger partial charge in [-0.25, -0.2) is 9.97 Å². The van der Waals surface area contributed by atoms with Crippen LogP contribution in [0, 0.1) is 5.92 Å². The number of thioether (sulfide) groups is 1. The number of aromatic nitrogens is 4. The zero-order valence-electron chi connectivity index (χ0n) is 18.4. The van der Waals surface area contributed by atoms with Gasteiger partial charge in [-0.1, -0.05) is 24.8 Å². The van der Waals surface area contributed by atoms with E-state index >= 15 is 0 Å². The van der Waals surface area contributed by atoms with Crippen molar-refractivity contribution in [3.63, 3.8) is 0 Å². The fraction of sp³-hybridized carbons (Fsp3) is 0.417. The van der Waals surface area contributed by atoms with Gasteiger partial charge in [-0.05, 0) is 55.6 Å². The third-order valence-corrected chi connectivity index (χ3v) is 9.98. The number of H-pyrrole nitrogens is 1. The van der Waals surface area contributed by atoms with Crippen molar-refractivity contribution in [3.05, 3.63) is 60.1 Å². The van der Waals surface area contributed by atoms with E-state index in [0.717, 1.165) is 59.0 Å². The molecular weight excluding hydrogens is 472 g/mol. The summed E-state index contributed by atoms with van der Waals surface area (Å²) in [7, 11) is 0. The summed E-state index contributed by atoms with van der Waals surface area (Å²) < 4.78 is 1.71. The highest BCUT2D eigenvalue weighted by Gasteiger charge is 2.25. The number of allylic oxidation sites excluding steroid dienone is 1. The van der Waals surface area contributed by atoms with E-state index in [-0.39, 0.29) is 11.1 Å². The number of aryl methyl sites for hydroxylation is 3. The molecule has 2 aliphatic rings. The number of nitrogens with one attached hydrogen (secondary N) is 1. The van der Waals surface area contributed by atoms with Gasteiger partial charge >= 0.3 is 0 Å². The summed E-state index contributed by atoms with van der Waals surface area (Å²) in [5.74, 6) is 1.72. The second-order valence-corrected chi connectivity index (χ2v) is 12.1. The molecule has 6 rings (SSSR count). The molecule has 1 atom stereocenters. The molecule has 1 unspecified atom stereocenters.